The molecule has 78 valence electrons. The highest BCUT2D eigenvalue weighted by Gasteiger charge is 2.16. The Balaban J connectivity index is 2.64. The molecule has 2 atom stereocenters. The smallest absolute Gasteiger partial charge is 0.238 e. The predicted octanol–water partition coefficient (Wildman–Crippen LogP) is 0.620. The average Bonchev–Trinajstić information content (AvgIpc) is 2.51. The fourth-order valence-electron chi connectivity index (χ4n) is 1.08. The van der Waals surface area contributed by atoms with E-state index in [9.17, 15) is 4.79 Å². The van der Waals surface area contributed by atoms with Crippen molar-refractivity contribution in [3.05, 3.63) is 12.2 Å². The second-order valence-corrected chi connectivity index (χ2v) is 3.80. The molecule has 0 radical (unpaired) electrons. The van der Waals surface area contributed by atoms with E-state index in [0.717, 1.165) is 0 Å². The Labute approximate surface area is 87.5 Å². The molecule has 1 aromatic rings. The standard InChI is InChI=1S/C8H13ClN4O/c1-5(9)8(14)11-6(2)7-12-10-4-13(7)3/h4-6H,1-3H3,(H,11,14). The lowest BCUT2D eigenvalue weighted by Crippen LogP contribution is -2.33. The van der Waals surface area contributed by atoms with Gasteiger partial charge in [-0.3, -0.25) is 4.79 Å². The van der Waals surface area contributed by atoms with Crippen molar-refractivity contribution in [3.63, 3.8) is 0 Å². The molecule has 0 aromatic carbocycles. The van der Waals surface area contributed by atoms with Crippen molar-refractivity contribution in [1.82, 2.24) is 20.1 Å². The molecule has 1 rings (SSSR count). The molecule has 14 heavy (non-hydrogen) atoms. The summed E-state index contributed by atoms with van der Waals surface area (Å²) in [5.41, 5.74) is 0. The molecule has 0 bridgehead atoms. The van der Waals surface area contributed by atoms with Gasteiger partial charge in [0.2, 0.25) is 5.91 Å². The van der Waals surface area contributed by atoms with Gasteiger partial charge in [-0.2, -0.15) is 0 Å². The minimum Gasteiger partial charge on any atom is -0.345 e. The number of rotatable bonds is 3. The third-order valence-corrected chi connectivity index (χ3v) is 2.05. The zero-order valence-electron chi connectivity index (χ0n) is 8.36. The minimum absolute atomic E-state index is 0.184. The molecular weight excluding hydrogens is 204 g/mol. The van der Waals surface area contributed by atoms with Gasteiger partial charge in [0.05, 0.1) is 6.04 Å². The van der Waals surface area contributed by atoms with Gasteiger partial charge in [-0.1, -0.05) is 0 Å². The van der Waals surface area contributed by atoms with E-state index < -0.39 is 5.38 Å². The summed E-state index contributed by atoms with van der Waals surface area (Å²) in [6, 6.07) is -0.184. The Morgan fingerprint density at radius 1 is 1.64 bits per heavy atom. The van der Waals surface area contributed by atoms with Crippen molar-refractivity contribution in [2.24, 2.45) is 7.05 Å². The molecular formula is C8H13ClN4O. The summed E-state index contributed by atoms with van der Waals surface area (Å²) in [5.74, 6) is 0.498. The van der Waals surface area contributed by atoms with Crippen LogP contribution in [0.1, 0.15) is 25.7 Å². The molecule has 0 aliphatic heterocycles. The van der Waals surface area contributed by atoms with E-state index in [-0.39, 0.29) is 11.9 Å². The van der Waals surface area contributed by atoms with Crippen LogP contribution in [0.5, 0.6) is 0 Å². The van der Waals surface area contributed by atoms with E-state index in [1.807, 2.05) is 14.0 Å². The van der Waals surface area contributed by atoms with Gasteiger partial charge >= 0.3 is 0 Å². The Hall–Kier alpha value is -1.10. The Morgan fingerprint density at radius 3 is 2.71 bits per heavy atom. The lowest BCUT2D eigenvalue weighted by atomic mass is 10.3. The number of halogens is 1. The van der Waals surface area contributed by atoms with Crippen molar-refractivity contribution in [2.75, 3.05) is 0 Å². The molecule has 0 fully saturated rings. The molecule has 1 N–H and O–H groups in total. The van der Waals surface area contributed by atoms with E-state index >= 15 is 0 Å². The van der Waals surface area contributed by atoms with Crippen molar-refractivity contribution in [1.29, 1.82) is 0 Å². The van der Waals surface area contributed by atoms with E-state index in [0.29, 0.717) is 5.82 Å². The predicted molar refractivity (Wildman–Crippen MR) is 52.9 cm³/mol. The molecule has 0 saturated carbocycles. The van der Waals surface area contributed by atoms with Crippen LogP contribution in [0.25, 0.3) is 0 Å². The first kappa shape index (κ1) is 11.0. The number of alkyl halides is 1. The van der Waals surface area contributed by atoms with Gasteiger partial charge in [-0.05, 0) is 13.8 Å². The van der Waals surface area contributed by atoms with Gasteiger partial charge in [0.25, 0.3) is 0 Å². The van der Waals surface area contributed by atoms with Crippen LogP contribution >= 0.6 is 11.6 Å². The van der Waals surface area contributed by atoms with Crippen LogP contribution < -0.4 is 5.32 Å². The first-order valence-corrected chi connectivity index (χ1v) is 4.74. The summed E-state index contributed by atoms with van der Waals surface area (Å²) in [6.45, 7) is 3.46. The van der Waals surface area contributed by atoms with E-state index in [4.69, 9.17) is 11.6 Å². The van der Waals surface area contributed by atoms with E-state index in [2.05, 4.69) is 15.5 Å². The van der Waals surface area contributed by atoms with Crippen molar-refractivity contribution < 1.29 is 4.79 Å². The summed E-state index contributed by atoms with van der Waals surface area (Å²) in [6.07, 6.45) is 1.59. The van der Waals surface area contributed by atoms with Crippen LogP contribution in [0, 0.1) is 0 Å². The number of carbonyl (C=O) groups excluding carboxylic acids is 1. The highest BCUT2D eigenvalue weighted by atomic mass is 35.5. The summed E-state index contributed by atoms with van der Waals surface area (Å²) in [7, 11) is 1.82. The number of amides is 1. The van der Waals surface area contributed by atoms with Crippen LogP contribution in [0.15, 0.2) is 6.33 Å². The maximum atomic E-state index is 11.3. The second-order valence-electron chi connectivity index (χ2n) is 3.15. The van der Waals surface area contributed by atoms with Crippen LogP contribution in [-0.2, 0) is 11.8 Å². The first-order valence-electron chi connectivity index (χ1n) is 4.30. The van der Waals surface area contributed by atoms with Crippen molar-refractivity contribution in [3.8, 4) is 0 Å². The van der Waals surface area contributed by atoms with Gasteiger partial charge in [-0.15, -0.1) is 21.8 Å². The first-order chi connectivity index (χ1) is 6.52. The van der Waals surface area contributed by atoms with Gasteiger partial charge < -0.3 is 9.88 Å². The quantitative estimate of drug-likeness (QED) is 0.754. The van der Waals surface area contributed by atoms with Gasteiger partial charge in [-0.25, -0.2) is 0 Å². The van der Waals surface area contributed by atoms with Crippen molar-refractivity contribution in [2.45, 2.75) is 25.3 Å². The second kappa shape index (κ2) is 4.41. The minimum atomic E-state index is -0.536. The molecule has 1 amide bonds. The highest BCUT2D eigenvalue weighted by Crippen LogP contribution is 2.07. The van der Waals surface area contributed by atoms with Gasteiger partial charge in [0.15, 0.2) is 5.82 Å². The lowest BCUT2D eigenvalue weighted by Gasteiger charge is -2.13. The van der Waals surface area contributed by atoms with E-state index in [1.54, 1.807) is 17.8 Å². The number of hydrogen-bond donors (Lipinski definition) is 1. The SMILES string of the molecule is CC(Cl)C(=O)NC(C)c1nncn1C. The number of carbonyl (C=O) groups is 1. The van der Waals surface area contributed by atoms with Crippen molar-refractivity contribution >= 4 is 17.5 Å². The zero-order chi connectivity index (χ0) is 10.7. The topological polar surface area (TPSA) is 59.8 Å². The average molecular weight is 217 g/mol. The molecule has 2 unspecified atom stereocenters. The third kappa shape index (κ3) is 2.45. The summed E-state index contributed by atoms with van der Waals surface area (Å²) < 4.78 is 1.75. The number of aryl methyl sites for hydroxylation is 1. The fraction of sp³-hybridized carbons (Fsp3) is 0.625. The normalized spacial score (nSPS) is 14.9. The third-order valence-electron chi connectivity index (χ3n) is 1.85. The summed E-state index contributed by atoms with van der Waals surface area (Å²) in [4.78, 5) is 11.3. The molecule has 0 saturated heterocycles. The van der Waals surface area contributed by atoms with E-state index in [1.165, 1.54) is 0 Å². The maximum absolute atomic E-state index is 11.3. The Morgan fingerprint density at radius 2 is 2.29 bits per heavy atom. The largest absolute Gasteiger partial charge is 0.345 e. The van der Waals surface area contributed by atoms with Crippen LogP contribution in [0.2, 0.25) is 0 Å². The monoisotopic (exact) mass is 216 g/mol. The lowest BCUT2D eigenvalue weighted by molar-refractivity contribution is -0.121. The molecule has 0 aliphatic carbocycles. The molecule has 1 aromatic heterocycles. The van der Waals surface area contributed by atoms with Crippen LogP contribution in [0.4, 0.5) is 0 Å². The Kier molecular flexibility index (Phi) is 3.46. The molecule has 1 heterocycles. The highest BCUT2D eigenvalue weighted by molar-refractivity contribution is 6.30. The fourth-order valence-corrected chi connectivity index (χ4v) is 1.14. The Bertz CT molecular complexity index is 323. The number of nitrogens with one attached hydrogen (secondary N) is 1. The maximum Gasteiger partial charge on any atom is 0.238 e. The van der Waals surface area contributed by atoms with Crippen LogP contribution in [0.3, 0.4) is 0 Å². The summed E-state index contributed by atoms with van der Waals surface area (Å²) in [5, 5.41) is 9.80. The molecule has 5 nitrogen and oxygen atoms in total. The number of aromatic nitrogens is 3. The molecule has 0 aliphatic rings. The summed E-state index contributed by atoms with van der Waals surface area (Å²) >= 11 is 5.62. The molecule has 0 spiro atoms. The molecule has 6 heteroatoms. The van der Waals surface area contributed by atoms with Gasteiger partial charge in [0, 0.05) is 7.05 Å². The zero-order valence-corrected chi connectivity index (χ0v) is 9.12. The number of nitrogens with zero attached hydrogens (tertiary/aromatic N) is 3. The van der Waals surface area contributed by atoms with Gasteiger partial charge in [0.1, 0.15) is 11.7 Å². The van der Waals surface area contributed by atoms with Crippen LogP contribution in [-0.4, -0.2) is 26.0 Å². The number of hydrogen-bond acceptors (Lipinski definition) is 3.